The number of hydrogen-bond acceptors (Lipinski definition) is 3. The Morgan fingerprint density at radius 3 is 2.62 bits per heavy atom. The molecule has 0 saturated heterocycles. The van der Waals surface area contributed by atoms with Gasteiger partial charge in [0.2, 0.25) is 0 Å². The van der Waals surface area contributed by atoms with Gasteiger partial charge in [-0.05, 0) is 30.9 Å². The van der Waals surface area contributed by atoms with E-state index < -0.39 is 5.97 Å². The Labute approximate surface area is 106 Å². The van der Waals surface area contributed by atoms with E-state index in [1.54, 1.807) is 11.3 Å². The van der Waals surface area contributed by atoms with Gasteiger partial charge in [0.25, 0.3) is 0 Å². The average molecular weight is 264 g/mol. The zero-order valence-electron chi connectivity index (χ0n) is 9.31. The molecule has 0 aliphatic carbocycles. The van der Waals surface area contributed by atoms with Gasteiger partial charge in [0.1, 0.15) is 0 Å². The largest absolute Gasteiger partial charge is 0.481 e. The predicted molar refractivity (Wildman–Crippen MR) is 69.2 cm³/mol. The van der Waals surface area contributed by atoms with Crippen LogP contribution in [0.15, 0.2) is 12.1 Å². The van der Waals surface area contributed by atoms with Crippen molar-refractivity contribution in [1.82, 2.24) is 0 Å². The van der Waals surface area contributed by atoms with Crippen molar-refractivity contribution >= 4 is 29.7 Å². The van der Waals surface area contributed by atoms with E-state index in [1.807, 2.05) is 13.0 Å². The molecule has 0 aliphatic heterocycles. The number of carboxylic acids is 1. The number of aryl methyl sites for hydroxylation is 1. The smallest absolute Gasteiger partial charge is 0.303 e. The third-order valence-electron chi connectivity index (χ3n) is 2.33. The molecule has 0 bridgehead atoms. The highest BCUT2D eigenvalue weighted by Gasteiger charge is 2.08. The molecular formula is C11H18ClNO2S. The summed E-state index contributed by atoms with van der Waals surface area (Å²) in [5.41, 5.74) is 5.52. The fraction of sp³-hybridized carbons (Fsp3) is 0.545. The summed E-state index contributed by atoms with van der Waals surface area (Å²) in [6.07, 6.45) is 2.14. The molecule has 92 valence electrons. The Morgan fingerprint density at radius 2 is 2.12 bits per heavy atom. The van der Waals surface area contributed by atoms with E-state index in [0.29, 0.717) is 6.54 Å². The molecule has 0 saturated carbocycles. The molecule has 5 heteroatoms. The van der Waals surface area contributed by atoms with Crippen molar-refractivity contribution in [3.8, 4) is 0 Å². The summed E-state index contributed by atoms with van der Waals surface area (Å²) in [6, 6.07) is 4.13. The molecular weight excluding hydrogens is 246 g/mol. The van der Waals surface area contributed by atoms with Crippen LogP contribution in [0.1, 0.15) is 29.5 Å². The molecule has 1 aromatic heterocycles. The van der Waals surface area contributed by atoms with Gasteiger partial charge in [-0.1, -0.05) is 6.92 Å². The van der Waals surface area contributed by atoms with Gasteiger partial charge in [-0.2, -0.15) is 0 Å². The standard InChI is InChI=1S/C11H17NO2S.ClH/c1-8(6-11(13)14)2-3-9-4-5-10(7-12)15-9;/h4-5,8H,2-3,6-7,12H2,1H3,(H,13,14);1H. The third-order valence-corrected chi connectivity index (χ3v) is 3.49. The molecule has 1 rings (SSSR count). The molecule has 0 fully saturated rings. The fourth-order valence-electron chi connectivity index (χ4n) is 1.46. The van der Waals surface area contributed by atoms with Gasteiger partial charge < -0.3 is 10.8 Å². The van der Waals surface area contributed by atoms with Crippen molar-refractivity contribution in [3.05, 3.63) is 21.9 Å². The van der Waals surface area contributed by atoms with Gasteiger partial charge in [-0.25, -0.2) is 0 Å². The molecule has 0 spiro atoms. The molecule has 1 heterocycles. The lowest BCUT2D eigenvalue weighted by molar-refractivity contribution is -0.138. The van der Waals surface area contributed by atoms with Gasteiger partial charge in [0.05, 0.1) is 0 Å². The minimum Gasteiger partial charge on any atom is -0.481 e. The second-order valence-corrected chi connectivity index (χ2v) is 5.07. The summed E-state index contributed by atoms with van der Waals surface area (Å²) >= 11 is 1.72. The molecule has 3 N–H and O–H groups in total. The van der Waals surface area contributed by atoms with Crippen LogP contribution in [-0.2, 0) is 17.8 Å². The number of rotatable bonds is 6. The maximum absolute atomic E-state index is 10.5. The zero-order valence-corrected chi connectivity index (χ0v) is 10.9. The zero-order chi connectivity index (χ0) is 11.3. The molecule has 0 amide bonds. The first-order valence-corrected chi connectivity index (χ1v) is 5.93. The number of halogens is 1. The van der Waals surface area contributed by atoms with Crippen LogP contribution in [0, 0.1) is 5.92 Å². The molecule has 16 heavy (non-hydrogen) atoms. The Hall–Kier alpha value is -0.580. The summed E-state index contributed by atoms with van der Waals surface area (Å²) in [5, 5.41) is 8.61. The van der Waals surface area contributed by atoms with E-state index in [1.165, 1.54) is 9.75 Å². The van der Waals surface area contributed by atoms with Gasteiger partial charge >= 0.3 is 5.97 Å². The summed E-state index contributed by atoms with van der Waals surface area (Å²) in [7, 11) is 0. The Bertz CT molecular complexity index is 328. The number of carbonyl (C=O) groups is 1. The van der Waals surface area contributed by atoms with Crippen LogP contribution in [0.3, 0.4) is 0 Å². The van der Waals surface area contributed by atoms with Crippen molar-refractivity contribution < 1.29 is 9.90 Å². The van der Waals surface area contributed by atoms with E-state index >= 15 is 0 Å². The fourth-order valence-corrected chi connectivity index (χ4v) is 2.37. The molecule has 1 aromatic rings. The normalized spacial score (nSPS) is 11.9. The van der Waals surface area contributed by atoms with Crippen LogP contribution < -0.4 is 5.73 Å². The van der Waals surface area contributed by atoms with Gasteiger partial charge in [-0.3, -0.25) is 4.79 Å². The van der Waals surface area contributed by atoms with E-state index in [4.69, 9.17) is 10.8 Å². The van der Waals surface area contributed by atoms with E-state index in [9.17, 15) is 4.79 Å². The van der Waals surface area contributed by atoms with Crippen molar-refractivity contribution in [2.24, 2.45) is 11.7 Å². The lowest BCUT2D eigenvalue weighted by Gasteiger charge is -2.06. The molecule has 3 nitrogen and oxygen atoms in total. The van der Waals surface area contributed by atoms with Crippen LogP contribution >= 0.6 is 23.7 Å². The Morgan fingerprint density at radius 1 is 1.50 bits per heavy atom. The predicted octanol–water partition coefficient (Wildman–Crippen LogP) is 2.67. The molecule has 1 unspecified atom stereocenters. The van der Waals surface area contributed by atoms with Crippen molar-refractivity contribution in [2.75, 3.05) is 0 Å². The summed E-state index contributed by atoms with van der Waals surface area (Å²) in [6.45, 7) is 2.57. The Balaban J connectivity index is 0.00000225. The highest BCUT2D eigenvalue weighted by molar-refractivity contribution is 7.11. The molecule has 0 aromatic carbocycles. The third kappa shape index (κ3) is 5.49. The minimum absolute atomic E-state index is 0. The second kappa shape index (κ2) is 7.65. The van der Waals surface area contributed by atoms with Crippen molar-refractivity contribution in [2.45, 2.75) is 32.7 Å². The first-order valence-electron chi connectivity index (χ1n) is 5.11. The van der Waals surface area contributed by atoms with Crippen molar-refractivity contribution in [1.29, 1.82) is 0 Å². The van der Waals surface area contributed by atoms with Gasteiger partial charge in [0, 0.05) is 22.7 Å². The van der Waals surface area contributed by atoms with E-state index in [0.717, 1.165) is 12.8 Å². The maximum atomic E-state index is 10.5. The molecule has 0 aliphatic rings. The lowest BCUT2D eigenvalue weighted by atomic mass is 10.0. The van der Waals surface area contributed by atoms with Crippen LogP contribution in [0.5, 0.6) is 0 Å². The highest BCUT2D eigenvalue weighted by Crippen LogP contribution is 2.20. The van der Waals surface area contributed by atoms with Crippen LogP contribution in [0.4, 0.5) is 0 Å². The topological polar surface area (TPSA) is 63.3 Å². The SMILES string of the molecule is CC(CCc1ccc(CN)s1)CC(=O)O.Cl. The minimum atomic E-state index is -0.712. The van der Waals surface area contributed by atoms with Crippen molar-refractivity contribution in [3.63, 3.8) is 0 Å². The average Bonchev–Trinajstić information content (AvgIpc) is 2.61. The first-order chi connectivity index (χ1) is 7.11. The summed E-state index contributed by atoms with van der Waals surface area (Å²) < 4.78 is 0. The lowest BCUT2D eigenvalue weighted by Crippen LogP contribution is -2.04. The highest BCUT2D eigenvalue weighted by atomic mass is 35.5. The summed E-state index contributed by atoms with van der Waals surface area (Å²) in [4.78, 5) is 12.9. The second-order valence-electron chi connectivity index (χ2n) is 3.81. The Kier molecular flexibility index (Phi) is 7.38. The number of thiophene rings is 1. The first kappa shape index (κ1) is 15.4. The number of carboxylic acid groups (broad SMARTS) is 1. The van der Waals surface area contributed by atoms with Gasteiger partial charge in [-0.15, -0.1) is 23.7 Å². The number of hydrogen-bond donors (Lipinski definition) is 2. The van der Waals surface area contributed by atoms with Crippen LogP contribution in [0.25, 0.3) is 0 Å². The quantitative estimate of drug-likeness (QED) is 0.829. The van der Waals surface area contributed by atoms with Crippen LogP contribution in [-0.4, -0.2) is 11.1 Å². The van der Waals surface area contributed by atoms with Gasteiger partial charge in [0.15, 0.2) is 0 Å². The van der Waals surface area contributed by atoms with E-state index in [-0.39, 0.29) is 24.7 Å². The number of nitrogens with two attached hydrogens (primary N) is 1. The maximum Gasteiger partial charge on any atom is 0.303 e. The molecule has 0 radical (unpaired) electrons. The van der Waals surface area contributed by atoms with E-state index in [2.05, 4.69) is 6.07 Å². The monoisotopic (exact) mass is 263 g/mol. The molecule has 1 atom stereocenters. The van der Waals surface area contributed by atoms with Crippen LogP contribution in [0.2, 0.25) is 0 Å². The summed E-state index contributed by atoms with van der Waals surface area (Å²) in [5.74, 6) is -0.470. The number of aliphatic carboxylic acids is 1.